The summed E-state index contributed by atoms with van der Waals surface area (Å²) in [6.07, 6.45) is 2.49. The highest BCUT2D eigenvalue weighted by atomic mass is 32.2. The molecule has 2 rings (SSSR count). The van der Waals surface area contributed by atoms with Crippen molar-refractivity contribution >= 4 is 23.4 Å². The van der Waals surface area contributed by atoms with Gasteiger partial charge in [-0.05, 0) is 56.2 Å². The van der Waals surface area contributed by atoms with Crippen molar-refractivity contribution in [1.82, 2.24) is 0 Å². The van der Waals surface area contributed by atoms with E-state index >= 15 is 0 Å². The van der Waals surface area contributed by atoms with Crippen LogP contribution < -0.4 is 5.32 Å². The van der Waals surface area contributed by atoms with Crippen LogP contribution in [0, 0.1) is 18.8 Å². The molecule has 1 amide bonds. The molecule has 4 heteroatoms. The van der Waals surface area contributed by atoms with Crippen molar-refractivity contribution in [3.8, 4) is 11.8 Å². The molecule has 1 saturated heterocycles. The molecule has 112 valence electrons. The van der Waals surface area contributed by atoms with Crippen LogP contribution in [0.5, 0.6) is 0 Å². The van der Waals surface area contributed by atoms with E-state index in [4.69, 9.17) is 5.11 Å². The van der Waals surface area contributed by atoms with E-state index in [0.717, 1.165) is 35.4 Å². The van der Waals surface area contributed by atoms with Crippen molar-refractivity contribution in [2.24, 2.45) is 0 Å². The van der Waals surface area contributed by atoms with Crippen molar-refractivity contribution < 1.29 is 9.90 Å². The van der Waals surface area contributed by atoms with Gasteiger partial charge in [0.25, 0.3) is 0 Å². The number of hydrogen-bond donors (Lipinski definition) is 2. The molecule has 0 spiro atoms. The fourth-order valence-corrected chi connectivity index (χ4v) is 3.58. The van der Waals surface area contributed by atoms with Gasteiger partial charge in [-0.15, -0.1) is 11.8 Å². The SMILES string of the molecule is Cc1cc(C#CCCO)cc(NC(=O)C2(C)CCCS2)c1. The predicted octanol–water partition coefficient (Wildman–Crippen LogP) is 2.95. The van der Waals surface area contributed by atoms with Crippen LogP contribution in [0.15, 0.2) is 18.2 Å². The molecule has 1 atom stereocenters. The lowest BCUT2D eigenvalue weighted by molar-refractivity contribution is -0.118. The molecule has 1 aromatic rings. The molecule has 0 bridgehead atoms. The minimum Gasteiger partial charge on any atom is -0.395 e. The van der Waals surface area contributed by atoms with Crippen LogP contribution in [0.1, 0.15) is 37.3 Å². The van der Waals surface area contributed by atoms with Gasteiger partial charge in [0.15, 0.2) is 0 Å². The Bertz CT molecular complexity index is 580. The molecule has 0 radical (unpaired) electrons. The average Bonchev–Trinajstić information content (AvgIpc) is 2.87. The average molecular weight is 303 g/mol. The summed E-state index contributed by atoms with van der Waals surface area (Å²) in [5.41, 5.74) is 2.72. The van der Waals surface area contributed by atoms with E-state index in [1.54, 1.807) is 11.8 Å². The third-order valence-electron chi connectivity index (χ3n) is 3.50. The number of nitrogens with one attached hydrogen (secondary N) is 1. The van der Waals surface area contributed by atoms with Crippen molar-refractivity contribution in [1.29, 1.82) is 0 Å². The molecule has 1 heterocycles. The smallest absolute Gasteiger partial charge is 0.240 e. The molecule has 1 fully saturated rings. The van der Waals surface area contributed by atoms with E-state index in [9.17, 15) is 4.79 Å². The van der Waals surface area contributed by atoms with Crippen LogP contribution in [-0.2, 0) is 4.79 Å². The fourth-order valence-electron chi connectivity index (χ4n) is 2.37. The van der Waals surface area contributed by atoms with Crippen LogP contribution in [-0.4, -0.2) is 28.1 Å². The first kappa shape index (κ1) is 15.9. The highest BCUT2D eigenvalue weighted by molar-refractivity contribution is 8.01. The van der Waals surface area contributed by atoms with E-state index in [0.29, 0.717) is 6.42 Å². The van der Waals surface area contributed by atoms with Gasteiger partial charge in [-0.25, -0.2) is 0 Å². The molecule has 21 heavy (non-hydrogen) atoms. The van der Waals surface area contributed by atoms with Crippen LogP contribution in [0.3, 0.4) is 0 Å². The molecule has 1 aliphatic heterocycles. The van der Waals surface area contributed by atoms with E-state index in [-0.39, 0.29) is 17.3 Å². The molecular formula is C17H21NO2S. The van der Waals surface area contributed by atoms with Gasteiger partial charge >= 0.3 is 0 Å². The number of carbonyl (C=O) groups excluding carboxylic acids is 1. The number of amides is 1. The first-order chi connectivity index (χ1) is 10.0. The minimum absolute atomic E-state index is 0.0674. The summed E-state index contributed by atoms with van der Waals surface area (Å²) in [6.45, 7) is 4.06. The van der Waals surface area contributed by atoms with Gasteiger partial charge in [0, 0.05) is 17.7 Å². The monoisotopic (exact) mass is 303 g/mol. The number of anilines is 1. The van der Waals surface area contributed by atoms with Crippen molar-refractivity contribution in [2.45, 2.75) is 37.9 Å². The Morgan fingerprint density at radius 3 is 2.95 bits per heavy atom. The van der Waals surface area contributed by atoms with Crippen LogP contribution >= 0.6 is 11.8 Å². The lowest BCUT2D eigenvalue weighted by Gasteiger charge is -2.21. The maximum absolute atomic E-state index is 12.4. The quantitative estimate of drug-likeness (QED) is 0.844. The number of rotatable bonds is 3. The summed E-state index contributed by atoms with van der Waals surface area (Å²) < 4.78 is -0.313. The second-order valence-corrected chi connectivity index (χ2v) is 7.10. The number of aliphatic hydroxyl groups excluding tert-OH is 1. The lowest BCUT2D eigenvalue weighted by atomic mass is 10.0. The summed E-state index contributed by atoms with van der Waals surface area (Å²) in [7, 11) is 0. The fraction of sp³-hybridized carbons (Fsp3) is 0.471. The van der Waals surface area contributed by atoms with Crippen molar-refractivity contribution in [2.75, 3.05) is 17.7 Å². The Balaban J connectivity index is 2.13. The number of benzene rings is 1. The van der Waals surface area contributed by atoms with E-state index < -0.39 is 0 Å². The normalized spacial score (nSPS) is 20.7. The standard InChI is InChI=1S/C17H21NO2S/c1-13-10-14(6-3-4-8-19)12-15(11-13)18-16(20)17(2)7-5-9-21-17/h10-12,19H,4-5,7-9H2,1-2H3,(H,18,20). The summed E-state index contributed by atoms with van der Waals surface area (Å²) in [5, 5.41) is 11.8. The zero-order valence-corrected chi connectivity index (χ0v) is 13.3. The molecule has 1 aromatic carbocycles. The zero-order chi connectivity index (χ0) is 15.3. The topological polar surface area (TPSA) is 49.3 Å². The summed E-state index contributed by atoms with van der Waals surface area (Å²) in [5.74, 6) is 7.04. The van der Waals surface area contributed by atoms with Gasteiger partial charge in [0.05, 0.1) is 11.4 Å². The van der Waals surface area contributed by atoms with E-state index in [2.05, 4.69) is 17.2 Å². The lowest BCUT2D eigenvalue weighted by Crippen LogP contribution is -2.34. The molecule has 0 aliphatic carbocycles. The Kier molecular flexibility index (Phi) is 5.33. The van der Waals surface area contributed by atoms with Gasteiger partial charge in [0.2, 0.25) is 5.91 Å². The highest BCUT2D eigenvalue weighted by Gasteiger charge is 2.37. The van der Waals surface area contributed by atoms with Gasteiger partial charge < -0.3 is 10.4 Å². The second kappa shape index (κ2) is 7.02. The van der Waals surface area contributed by atoms with Crippen LogP contribution in [0.2, 0.25) is 0 Å². The maximum Gasteiger partial charge on any atom is 0.240 e. The van der Waals surface area contributed by atoms with Gasteiger partial charge in [0.1, 0.15) is 0 Å². The number of hydrogen-bond acceptors (Lipinski definition) is 3. The molecule has 1 unspecified atom stereocenters. The van der Waals surface area contributed by atoms with Crippen molar-refractivity contribution in [3.05, 3.63) is 29.3 Å². The first-order valence-corrected chi connectivity index (χ1v) is 8.19. The molecule has 3 nitrogen and oxygen atoms in total. The third-order valence-corrected chi connectivity index (χ3v) is 5.02. The van der Waals surface area contributed by atoms with Crippen LogP contribution in [0.25, 0.3) is 0 Å². The molecular weight excluding hydrogens is 282 g/mol. The summed E-state index contributed by atoms with van der Waals surface area (Å²) in [6, 6.07) is 5.82. The highest BCUT2D eigenvalue weighted by Crippen LogP contribution is 2.38. The van der Waals surface area contributed by atoms with E-state index in [1.165, 1.54) is 0 Å². The van der Waals surface area contributed by atoms with Crippen LogP contribution in [0.4, 0.5) is 5.69 Å². The number of thioether (sulfide) groups is 1. The predicted molar refractivity (Wildman–Crippen MR) is 88.5 cm³/mol. The largest absolute Gasteiger partial charge is 0.395 e. The zero-order valence-electron chi connectivity index (χ0n) is 12.5. The Morgan fingerprint density at radius 2 is 2.29 bits per heavy atom. The Morgan fingerprint density at radius 1 is 1.48 bits per heavy atom. The molecule has 0 aromatic heterocycles. The molecule has 1 aliphatic rings. The third kappa shape index (κ3) is 4.26. The number of carbonyl (C=O) groups is 1. The Hall–Kier alpha value is -1.44. The van der Waals surface area contributed by atoms with Gasteiger partial charge in [-0.3, -0.25) is 4.79 Å². The summed E-state index contributed by atoms with van der Waals surface area (Å²) in [4.78, 5) is 12.4. The molecule has 0 saturated carbocycles. The van der Waals surface area contributed by atoms with E-state index in [1.807, 2.05) is 32.0 Å². The molecule has 2 N–H and O–H groups in total. The van der Waals surface area contributed by atoms with Gasteiger partial charge in [-0.1, -0.05) is 11.8 Å². The second-order valence-electron chi connectivity index (χ2n) is 5.50. The Labute approximate surface area is 130 Å². The number of aryl methyl sites for hydroxylation is 1. The minimum atomic E-state index is -0.313. The maximum atomic E-state index is 12.4. The van der Waals surface area contributed by atoms with Gasteiger partial charge in [-0.2, -0.15) is 0 Å². The number of aliphatic hydroxyl groups is 1. The summed E-state index contributed by atoms with van der Waals surface area (Å²) >= 11 is 1.73. The first-order valence-electron chi connectivity index (χ1n) is 7.20. The van der Waals surface area contributed by atoms with Crippen molar-refractivity contribution in [3.63, 3.8) is 0 Å².